The van der Waals surface area contributed by atoms with Crippen LogP contribution in [-0.4, -0.2) is 29.7 Å². The molecule has 1 unspecified atom stereocenters. The minimum Gasteiger partial charge on any atom is -0.497 e. The lowest BCUT2D eigenvalue weighted by Crippen LogP contribution is -2.53. The highest BCUT2D eigenvalue weighted by Gasteiger charge is 2.38. The van der Waals surface area contributed by atoms with Crippen molar-refractivity contribution in [1.29, 1.82) is 0 Å². The van der Waals surface area contributed by atoms with E-state index < -0.39 is 23.8 Å². The first-order chi connectivity index (χ1) is 9.45. The molecule has 6 nitrogen and oxygen atoms in total. The van der Waals surface area contributed by atoms with E-state index in [0.717, 1.165) is 4.90 Å². The summed E-state index contributed by atoms with van der Waals surface area (Å²) in [7, 11) is 1.50. The molecule has 1 fully saturated rings. The second kappa shape index (κ2) is 5.16. The molecule has 0 bridgehead atoms. The molecule has 0 aliphatic carbocycles. The van der Waals surface area contributed by atoms with Crippen molar-refractivity contribution in [2.75, 3.05) is 7.11 Å². The van der Waals surface area contributed by atoms with Crippen LogP contribution in [0.25, 0.3) is 0 Å². The number of nitrogens with one attached hydrogen (secondary N) is 1. The highest BCUT2D eigenvalue weighted by Crippen LogP contribution is 2.25. The standard InChI is InChI=1S/C14H14N2O4/c1-8-13(18)15-12(14(19)16(8)9(2)17)10-5-4-6-11(7-10)20-3/h4-7,12H,1H2,2-3H3,(H,15,18). The first-order valence-corrected chi connectivity index (χ1v) is 5.94. The molecule has 1 N–H and O–H groups in total. The predicted octanol–water partition coefficient (Wildman–Crippen LogP) is 0.755. The molecule has 1 atom stereocenters. The maximum Gasteiger partial charge on any atom is 0.268 e. The Bertz CT molecular complexity index is 609. The fraction of sp³-hybridized carbons (Fsp3) is 0.214. The Balaban J connectivity index is 2.41. The number of hydrogen-bond donors (Lipinski definition) is 1. The molecule has 1 aromatic rings. The van der Waals surface area contributed by atoms with Crippen LogP contribution in [0.5, 0.6) is 5.75 Å². The molecule has 20 heavy (non-hydrogen) atoms. The molecule has 1 aliphatic rings. The van der Waals surface area contributed by atoms with E-state index in [4.69, 9.17) is 4.74 Å². The Hall–Kier alpha value is -2.63. The number of amides is 3. The molecule has 1 saturated heterocycles. The fourth-order valence-electron chi connectivity index (χ4n) is 2.03. The number of piperazine rings is 1. The Kier molecular flexibility index (Phi) is 3.56. The van der Waals surface area contributed by atoms with Crippen molar-refractivity contribution in [2.45, 2.75) is 13.0 Å². The molecule has 0 saturated carbocycles. The van der Waals surface area contributed by atoms with Gasteiger partial charge in [0.05, 0.1) is 7.11 Å². The molecule has 1 aliphatic heterocycles. The highest BCUT2D eigenvalue weighted by molar-refractivity contribution is 6.11. The Labute approximate surface area is 116 Å². The summed E-state index contributed by atoms with van der Waals surface area (Å²) >= 11 is 0. The van der Waals surface area contributed by atoms with Crippen molar-refractivity contribution in [3.8, 4) is 5.75 Å². The van der Waals surface area contributed by atoms with Gasteiger partial charge in [-0.25, -0.2) is 4.90 Å². The van der Waals surface area contributed by atoms with Gasteiger partial charge in [0.1, 0.15) is 17.5 Å². The third kappa shape index (κ3) is 2.27. The van der Waals surface area contributed by atoms with Gasteiger partial charge in [0, 0.05) is 6.92 Å². The molecule has 1 heterocycles. The maximum atomic E-state index is 12.3. The number of ether oxygens (including phenoxy) is 1. The molecule has 3 amide bonds. The third-order valence-electron chi connectivity index (χ3n) is 3.02. The lowest BCUT2D eigenvalue weighted by molar-refractivity contribution is -0.148. The summed E-state index contributed by atoms with van der Waals surface area (Å²) in [5.74, 6) is -1.06. The zero-order valence-corrected chi connectivity index (χ0v) is 11.2. The normalized spacial score (nSPS) is 18.8. The van der Waals surface area contributed by atoms with Gasteiger partial charge < -0.3 is 10.1 Å². The minimum absolute atomic E-state index is 0.165. The second-order valence-electron chi connectivity index (χ2n) is 4.32. The van der Waals surface area contributed by atoms with Gasteiger partial charge in [-0.15, -0.1) is 0 Å². The number of imide groups is 1. The molecule has 0 spiro atoms. The van der Waals surface area contributed by atoms with Crippen LogP contribution < -0.4 is 10.1 Å². The van der Waals surface area contributed by atoms with Crippen LogP contribution in [0.1, 0.15) is 18.5 Å². The van der Waals surface area contributed by atoms with Crippen molar-refractivity contribution in [2.24, 2.45) is 0 Å². The van der Waals surface area contributed by atoms with Gasteiger partial charge >= 0.3 is 0 Å². The smallest absolute Gasteiger partial charge is 0.268 e. The monoisotopic (exact) mass is 274 g/mol. The van der Waals surface area contributed by atoms with Gasteiger partial charge in [-0.1, -0.05) is 18.7 Å². The lowest BCUT2D eigenvalue weighted by Gasteiger charge is -2.32. The van der Waals surface area contributed by atoms with E-state index in [1.54, 1.807) is 24.3 Å². The molecule has 6 heteroatoms. The Morgan fingerprint density at radius 3 is 2.70 bits per heavy atom. The molecule has 0 radical (unpaired) electrons. The zero-order chi connectivity index (χ0) is 14.9. The van der Waals surface area contributed by atoms with Crippen LogP contribution in [0, 0.1) is 0 Å². The van der Waals surface area contributed by atoms with Crippen LogP contribution in [0.3, 0.4) is 0 Å². The number of methoxy groups -OCH3 is 1. The van der Waals surface area contributed by atoms with Gasteiger partial charge in [0.25, 0.3) is 11.8 Å². The van der Waals surface area contributed by atoms with Gasteiger partial charge in [0.15, 0.2) is 0 Å². The van der Waals surface area contributed by atoms with E-state index >= 15 is 0 Å². The van der Waals surface area contributed by atoms with Gasteiger partial charge in [-0.3, -0.25) is 14.4 Å². The molecule has 1 aromatic carbocycles. The Morgan fingerprint density at radius 2 is 2.10 bits per heavy atom. The molecule has 2 rings (SSSR count). The minimum atomic E-state index is -0.924. The summed E-state index contributed by atoms with van der Waals surface area (Å²) in [6, 6.07) is 5.81. The number of hydrogen-bond acceptors (Lipinski definition) is 4. The van der Waals surface area contributed by atoms with Crippen molar-refractivity contribution < 1.29 is 19.1 Å². The van der Waals surface area contributed by atoms with Gasteiger partial charge in [-0.05, 0) is 17.7 Å². The summed E-state index contributed by atoms with van der Waals surface area (Å²) in [4.78, 5) is 36.4. The first kappa shape index (κ1) is 13.8. The average Bonchev–Trinajstić information content (AvgIpc) is 2.42. The van der Waals surface area contributed by atoms with Crippen molar-refractivity contribution >= 4 is 17.7 Å². The third-order valence-corrected chi connectivity index (χ3v) is 3.02. The van der Waals surface area contributed by atoms with E-state index in [1.165, 1.54) is 14.0 Å². The average molecular weight is 274 g/mol. The summed E-state index contributed by atoms with van der Waals surface area (Å²) in [5.41, 5.74) is 0.378. The van der Waals surface area contributed by atoms with Crippen molar-refractivity contribution in [3.05, 3.63) is 42.1 Å². The molecular weight excluding hydrogens is 260 g/mol. The quantitative estimate of drug-likeness (QED) is 0.808. The summed E-state index contributed by atoms with van der Waals surface area (Å²) in [6.07, 6.45) is 0. The van der Waals surface area contributed by atoms with Crippen molar-refractivity contribution in [1.82, 2.24) is 10.2 Å². The first-order valence-electron chi connectivity index (χ1n) is 5.94. The SMILES string of the molecule is C=C1C(=O)NC(c2cccc(OC)c2)C(=O)N1C(C)=O. The summed E-state index contributed by atoms with van der Waals surface area (Å²) < 4.78 is 5.08. The lowest BCUT2D eigenvalue weighted by atomic mass is 10.0. The van der Waals surface area contributed by atoms with Crippen molar-refractivity contribution in [3.63, 3.8) is 0 Å². The van der Waals surface area contributed by atoms with E-state index in [0.29, 0.717) is 11.3 Å². The van der Waals surface area contributed by atoms with Gasteiger partial charge in [0.2, 0.25) is 5.91 Å². The van der Waals surface area contributed by atoms with Crippen LogP contribution >= 0.6 is 0 Å². The summed E-state index contributed by atoms with van der Waals surface area (Å²) in [6.45, 7) is 4.67. The van der Waals surface area contributed by atoms with E-state index in [9.17, 15) is 14.4 Å². The zero-order valence-electron chi connectivity index (χ0n) is 11.2. The van der Waals surface area contributed by atoms with E-state index in [2.05, 4.69) is 11.9 Å². The molecular formula is C14H14N2O4. The topological polar surface area (TPSA) is 75.7 Å². The second-order valence-corrected chi connectivity index (χ2v) is 4.32. The number of carbonyl (C=O) groups excluding carboxylic acids is 3. The largest absolute Gasteiger partial charge is 0.497 e. The van der Waals surface area contributed by atoms with Crippen LogP contribution in [0.15, 0.2) is 36.5 Å². The highest BCUT2D eigenvalue weighted by atomic mass is 16.5. The van der Waals surface area contributed by atoms with Crippen LogP contribution in [0.4, 0.5) is 0 Å². The summed E-state index contributed by atoms with van der Waals surface area (Å²) in [5, 5.41) is 2.53. The van der Waals surface area contributed by atoms with E-state index in [1.807, 2.05) is 0 Å². The number of rotatable bonds is 2. The Morgan fingerprint density at radius 1 is 1.40 bits per heavy atom. The number of carbonyl (C=O) groups is 3. The fourth-order valence-corrected chi connectivity index (χ4v) is 2.03. The van der Waals surface area contributed by atoms with E-state index in [-0.39, 0.29) is 5.70 Å². The predicted molar refractivity (Wildman–Crippen MR) is 70.5 cm³/mol. The van der Waals surface area contributed by atoms with Crippen LogP contribution in [0.2, 0.25) is 0 Å². The van der Waals surface area contributed by atoms with Crippen LogP contribution in [-0.2, 0) is 14.4 Å². The number of nitrogens with zero attached hydrogens (tertiary/aromatic N) is 1. The number of benzene rings is 1. The van der Waals surface area contributed by atoms with Gasteiger partial charge in [-0.2, -0.15) is 0 Å². The molecule has 0 aromatic heterocycles. The molecule has 104 valence electrons. The maximum absolute atomic E-state index is 12.3.